The third kappa shape index (κ3) is 1.47. The molecule has 0 amide bonds. The summed E-state index contributed by atoms with van der Waals surface area (Å²) in [6, 6.07) is 0.456. The highest BCUT2D eigenvalue weighted by molar-refractivity contribution is 7.12. The quantitative estimate of drug-likeness (QED) is 0.863. The van der Waals surface area contributed by atoms with Crippen molar-refractivity contribution < 1.29 is 0 Å². The zero-order valence-corrected chi connectivity index (χ0v) is 10.00. The van der Waals surface area contributed by atoms with Crippen LogP contribution in [0.5, 0.6) is 0 Å². The molecule has 1 aliphatic carbocycles. The fourth-order valence-electron chi connectivity index (χ4n) is 2.34. The Balaban J connectivity index is 2.06. The third-order valence-corrected chi connectivity index (χ3v) is 3.88. The fraction of sp³-hybridized carbons (Fsp3) is 0.455. The highest BCUT2D eigenvalue weighted by atomic mass is 32.1. The molecule has 3 rings (SSSR count). The van der Waals surface area contributed by atoms with Crippen molar-refractivity contribution in [1.82, 2.24) is 20.1 Å². The molecule has 1 aliphatic rings. The monoisotopic (exact) mass is 234 g/mol. The maximum Gasteiger partial charge on any atom is 0.210 e. The summed E-state index contributed by atoms with van der Waals surface area (Å²) < 4.78 is 1.99. The Labute approximate surface area is 98.3 Å². The Morgan fingerprint density at radius 3 is 3.25 bits per heavy atom. The van der Waals surface area contributed by atoms with E-state index in [9.17, 15) is 0 Å². The second kappa shape index (κ2) is 3.99. The lowest BCUT2D eigenvalue weighted by Crippen LogP contribution is -2.21. The van der Waals surface area contributed by atoms with Crippen molar-refractivity contribution in [2.24, 2.45) is 0 Å². The van der Waals surface area contributed by atoms with Crippen molar-refractivity contribution >= 4 is 11.3 Å². The van der Waals surface area contributed by atoms with E-state index in [1.807, 2.05) is 29.5 Å². The summed E-state index contributed by atoms with van der Waals surface area (Å²) in [7, 11) is 2.01. The van der Waals surface area contributed by atoms with Crippen LogP contribution in [0.1, 0.15) is 30.1 Å². The largest absolute Gasteiger partial charge is 0.313 e. The van der Waals surface area contributed by atoms with Gasteiger partial charge in [-0.2, -0.15) is 5.10 Å². The van der Waals surface area contributed by atoms with Gasteiger partial charge in [-0.05, 0) is 26.3 Å². The zero-order chi connectivity index (χ0) is 11.0. The second-order valence-electron chi connectivity index (χ2n) is 4.01. The van der Waals surface area contributed by atoms with Crippen LogP contribution < -0.4 is 5.32 Å². The maximum absolute atomic E-state index is 4.46. The van der Waals surface area contributed by atoms with Gasteiger partial charge in [0.05, 0.1) is 11.9 Å². The van der Waals surface area contributed by atoms with Gasteiger partial charge in [0.25, 0.3) is 0 Å². The van der Waals surface area contributed by atoms with Crippen LogP contribution in [0.4, 0.5) is 0 Å². The van der Waals surface area contributed by atoms with Gasteiger partial charge in [-0.15, -0.1) is 11.3 Å². The van der Waals surface area contributed by atoms with Gasteiger partial charge in [-0.1, -0.05) is 0 Å². The van der Waals surface area contributed by atoms with E-state index < -0.39 is 0 Å². The number of hydrogen-bond donors (Lipinski definition) is 1. The number of rotatable bonds is 2. The number of nitrogens with zero attached hydrogens (tertiary/aromatic N) is 3. The molecule has 0 aliphatic heterocycles. The van der Waals surface area contributed by atoms with Crippen LogP contribution in [0.25, 0.3) is 5.13 Å². The Bertz CT molecular complexity index is 474. The van der Waals surface area contributed by atoms with Crippen molar-refractivity contribution in [1.29, 1.82) is 0 Å². The SMILES string of the molecule is CNC1CCCc2c1cnn2-c1nccs1. The summed E-state index contributed by atoms with van der Waals surface area (Å²) in [5.74, 6) is 0. The van der Waals surface area contributed by atoms with Gasteiger partial charge < -0.3 is 5.32 Å². The molecule has 0 radical (unpaired) electrons. The van der Waals surface area contributed by atoms with Crippen LogP contribution in [0.3, 0.4) is 0 Å². The minimum absolute atomic E-state index is 0.456. The minimum atomic E-state index is 0.456. The molecule has 0 saturated heterocycles. The minimum Gasteiger partial charge on any atom is -0.313 e. The molecule has 1 N–H and O–H groups in total. The van der Waals surface area contributed by atoms with E-state index in [0.717, 1.165) is 11.6 Å². The lowest BCUT2D eigenvalue weighted by atomic mass is 9.93. The molecule has 0 fully saturated rings. The molecule has 0 aromatic carbocycles. The van der Waals surface area contributed by atoms with Crippen LogP contribution in [0.15, 0.2) is 17.8 Å². The zero-order valence-electron chi connectivity index (χ0n) is 9.18. The summed E-state index contributed by atoms with van der Waals surface area (Å²) in [5, 5.41) is 10.8. The first-order valence-electron chi connectivity index (χ1n) is 5.54. The first-order chi connectivity index (χ1) is 7.90. The molecule has 1 atom stereocenters. The first kappa shape index (κ1) is 9.99. The number of nitrogens with one attached hydrogen (secondary N) is 1. The predicted molar refractivity (Wildman–Crippen MR) is 64.0 cm³/mol. The highest BCUT2D eigenvalue weighted by Crippen LogP contribution is 2.30. The van der Waals surface area contributed by atoms with Gasteiger partial charge in [0.1, 0.15) is 0 Å². The number of hydrogen-bond acceptors (Lipinski definition) is 4. The molecule has 84 valence electrons. The molecule has 1 unspecified atom stereocenters. The van der Waals surface area contributed by atoms with E-state index in [-0.39, 0.29) is 0 Å². The molecule has 5 heteroatoms. The van der Waals surface area contributed by atoms with E-state index in [1.165, 1.54) is 24.1 Å². The van der Waals surface area contributed by atoms with Gasteiger partial charge in [-0.3, -0.25) is 0 Å². The Kier molecular flexibility index (Phi) is 2.49. The Morgan fingerprint density at radius 1 is 1.56 bits per heavy atom. The van der Waals surface area contributed by atoms with Gasteiger partial charge >= 0.3 is 0 Å². The molecule has 2 aromatic rings. The predicted octanol–water partition coefficient (Wildman–Crippen LogP) is 1.93. The molecule has 2 aromatic heterocycles. The molecular weight excluding hydrogens is 220 g/mol. The van der Waals surface area contributed by atoms with Crippen molar-refractivity contribution in [3.8, 4) is 5.13 Å². The number of aromatic nitrogens is 3. The van der Waals surface area contributed by atoms with Gasteiger partial charge in [0.15, 0.2) is 0 Å². The van der Waals surface area contributed by atoms with E-state index >= 15 is 0 Å². The van der Waals surface area contributed by atoms with Crippen LogP contribution in [-0.4, -0.2) is 21.8 Å². The summed E-state index contributed by atoms with van der Waals surface area (Å²) >= 11 is 1.63. The molecular formula is C11H14N4S. The fourth-order valence-corrected chi connectivity index (χ4v) is 2.96. The molecule has 16 heavy (non-hydrogen) atoms. The van der Waals surface area contributed by atoms with E-state index in [4.69, 9.17) is 0 Å². The average Bonchev–Trinajstić information content (AvgIpc) is 2.96. The van der Waals surface area contributed by atoms with Crippen LogP contribution in [0.2, 0.25) is 0 Å². The van der Waals surface area contributed by atoms with E-state index in [2.05, 4.69) is 15.4 Å². The number of fused-ring (bicyclic) bond motifs is 1. The van der Waals surface area contributed by atoms with Crippen molar-refractivity contribution in [2.45, 2.75) is 25.3 Å². The van der Waals surface area contributed by atoms with Crippen LogP contribution in [0, 0.1) is 0 Å². The first-order valence-corrected chi connectivity index (χ1v) is 6.42. The lowest BCUT2D eigenvalue weighted by molar-refractivity contribution is 0.490. The van der Waals surface area contributed by atoms with Gasteiger partial charge in [0, 0.05) is 23.2 Å². The summed E-state index contributed by atoms with van der Waals surface area (Å²) in [6.45, 7) is 0. The topological polar surface area (TPSA) is 42.7 Å². The summed E-state index contributed by atoms with van der Waals surface area (Å²) in [5.41, 5.74) is 2.66. The van der Waals surface area contributed by atoms with Gasteiger partial charge in [-0.25, -0.2) is 9.67 Å². The van der Waals surface area contributed by atoms with Crippen molar-refractivity contribution in [3.63, 3.8) is 0 Å². The molecule has 0 bridgehead atoms. The molecule has 4 nitrogen and oxygen atoms in total. The normalized spacial score (nSPS) is 19.7. The summed E-state index contributed by atoms with van der Waals surface area (Å²) in [4.78, 5) is 4.32. The molecule has 0 saturated carbocycles. The van der Waals surface area contributed by atoms with Gasteiger partial charge in [0.2, 0.25) is 5.13 Å². The Hall–Kier alpha value is -1.20. The van der Waals surface area contributed by atoms with E-state index in [0.29, 0.717) is 6.04 Å². The van der Waals surface area contributed by atoms with Crippen molar-refractivity contribution in [2.75, 3.05) is 7.05 Å². The summed E-state index contributed by atoms with van der Waals surface area (Å²) in [6.07, 6.45) is 7.33. The second-order valence-corrected chi connectivity index (χ2v) is 4.88. The molecule has 2 heterocycles. The van der Waals surface area contributed by atoms with Crippen molar-refractivity contribution in [3.05, 3.63) is 29.0 Å². The molecule has 0 spiro atoms. The number of thiazole rings is 1. The Morgan fingerprint density at radius 2 is 2.50 bits per heavy atom. The van der Waals surface area contributed by atoms with E-state index in [1.54, 1.807) is 11.3 Å². The maximum atomic E-state index is 4.46. The van der Waals surface area contributed by atoms with Crippen LogP contribution >= 0.6 is 11.3 Å². The smallest absolute Gasteiger partial charge is 0.210 e. The standard InChI is InChI=1S/C11H14N4S/c1-12-9-3-2-4-10-8(9)7-14-15(10)11-13-5-6-16-11/h5-7,9,12H,2-4H2,1H3. The lowest BCUT2D eigenvalue weighted by Gasteiger charge is -2.22. The third-order valence-electron chi connectivity index (χ3n) is 3.13. The average molecular weight is 234 g/mol. The van der Waals surface area contributed by atoms with Crippen LogP contribution in [-0.2, 0) is 6.42 Å². The highest BCUT2D eigenvalue weighted by Gasteiger charge is 2.23.